The van der Waals surface area contributed by atoms with E-state index < -0.39 is 0 Å². The first-order valence-electron chi connectivity index (χ1n) is 6.53. The minimum atomic E-state index is -0.226. The van der Waals surface area contributed by atoms with Crippen molar-refractivity contribution in [2.24, 2.45) is 11.7 Å². The fraction of sp³-hybridized carbons (Fsp3) is 0.467. The molecule has 0 radical (unpaired) electrons. The van der Waals surface area contributed by atoms with Gasteiger partial charge in [-0.3, -0.25) is 4.90 Å². The van der Waals surface area contributed by atoms with Crippen molar-refractivity contribution in [3.63, 3.8) is 0 Å². The van der Waals surface area contributed by atoms with E-state index in [9.17, 15) is 4.39 Å². The van der Waals surface area contributed by atoms with Crippen molar-refractivity contribution in [3.8, 4) is 11.8 Å². The fourth-order valence-corrected chi connectivity index (χ4v) is 2.35. The zero-order chi connectivity index (χ0) is 13.7. The summed E-state index contributed by atoms with van der Waals surface area (Å²) in [5.74, 6) is 5.64. The molecule has 1 aromatic rings. The van der Waals surface area contributed by atoms with Gasteiger partial charge in [-0.25, -0.2) is 4.39 Å². The number of hydrogen-bond donors (Lipinski definition) is 2. The van der Waals surface area contributed by atoms with Crippen LogP contribution in [0.5, 0.6) is 0 Å². The average molecular weight is 262 g/mol. The zero-order valence-electron chi connectivity index (χ0n) is 10.9. The van der Waals surface area contributed by atoms with Crippen molar-refractivity contribution >= 4 is 0 Å². The first-order valence-corrected chi connectivity index (χ1v) is 6.53. The van der Waals surface area contributed by atoms with E-state index in [0.29, 0.717) is 23.6 Å². The van der Waals surface area contributed by atoms with Gasteiger partial charge in [-0.05, 0) is 31.0 Å². The molecule has 3 N–H and O–H groups in total. The number of aliphatic hydroxyl groups is 1. The molecule has 0 bridgehead atoms. The minimum Gasteiger partial charge on any atom is -0.396 e. The van der Waals surface area contributed by atoms with E-state index in [-0.39, 0.29) is 19.0 Å². The van der Waals surface area contributed by atoms with Gasteiger partial charge >= 0.3 is 0 Å². The third-order valence-electron chi connectivity index (χ3n) is 3.41. The smallest absolute Gasteiger partial charge is 0.128 e. The fourth-order valence-electron chi connectivity index (χ4n) is 2.35. The molecule has 102 valence electrons. The van der Waals surface area contributed by atoms with Gasteiger partial charge in [-0.1, -0.05) is 17.9 Å². The zero-order valence-corrected chi connectivity index (χ0v) is 10.9. The molecule has 1 aliphatic heterocycles. The lowest BCUT2D eigenvalue weighted by atomic mass is 10.1. The van der Waals surface area contributed by atoms with Crippen LogP contribution in [0.4, 0.5) is 4.39 Å². The van der Waals surface area contributed by atoms with E-state index >= 15 is 0 Å². The van der Waals surface area contributed by atoms with Crippen LogP contribution in [0.15, 0.2) is 18.2 Å². The maximum absolute atomic E-state index is 13.9. The van der Waals surface area contributed by atoms with Crippen molar-refractivity contribution in [1.82, 2.24) is 4.90 Å². The van der Waals surface area contributed by atoms with Crippen LogP contribution >= 0.6 is 0 Å². The lowest BCUT2D eigenvalue weighted by Crippen LogP contribution is -2.21. The van der Waals surface area contributed by atoms with Crippen LogP contribution in [0, 0.1) is 23.6 Å². The molecule has 2 rings (SSSR count). The highest BCUT2D eigenvalue weighted by atomic mass is 19.1. The van der Waals surface area contributed by atoms with Crippen molar-refractivity contribution in [2.45, 2.75) is 13.0 Å². The molecule has 0 aliphatic carbocycles. The van der Waals surface area contributed by atoms with Crippen LogP contribution in [0.2, 0.25) is 0 Å². The SMILES string of the molecule is NCC#Cc1ccc(CN2CCC(CO)C2)c(F)c1. The maximum Gasteiger partial charge on any atom is 0.128 e. The molecular weight excluding hydrogens is 243 g/mol. The molecule has 0 amide bonds. The van der Waals surface area contributed by atoms with Gasteiger partial charge in [0.1, 0.15) is 5.82 Å². The van der Waals surface area contributed by atoms with Crippen LogP contribution in [-0.4, -0.2) is 36.2 Å². The molecule has 0 spiro atoms. The van der Waals surface area contributed by atoms with E-state index in [0.717, 1.165) is 19.5 Å². The summed E-state index contributed by atoms with van der Waals surface area (Å²) in [7, 11) is 0. The molecule has 0 aromatic heterocycles. The topological polar surface area (TPSA) is 49.5 Å². The number of halogens is 1. The average Bonchev–Trinajstić information content (AvgIpc) is 2.87. The number of aliphatic hydroxyl groups excluding tert-OH is 1. The summed E-state index contributed by atoms with van der Waals surface area (Å²) in [5.41, 5.74) is 6.62. The van der Waals surface area contributed by atoms with Crippen LogP contribution in [0.1, 0.15) is 17.5 Å². The Morgan fingerprint density at radius 1 is 1.47 bits per heavy atom. The maximum atomic E-state index is 13.9. The lowest BCUT2D eigenvalue weighted by molar-refractivity contribution is 0.219. The highest BCUT2D eigenvalue weighted by Gasteiger charge is 2.22. The largest absolute Gasteiger partial charge is 0.396 e. The number of nitrogens with two attached hydrogens (primary N) is 1. The second-order valence-corrected chi connectivity index (χ2v) is 4.88. The number of nitrogens with zero attached hydrogens (tertiary/aromatic N) is 1. The summed E-state index contributed by atoms with van der Waals surface area (Å²) >= 11 is 0. The lowest BCUT2D eigenvalue weighted by Gasteiger charge is -2.16. The van der Waals surface area contributed by atoms with Gasteiger partial charge in [0.2, 0.25) is 0 Å². The van der Waals surface area contributed by atoms with Gasteiger partial charge in [0, 0.05) is 30.8 Å². The normalized spacial score (nSPS) is 19.2. The summed E-state index contributed by atoms with van der Waals surface area (Å²) in [6.45, 7) is 2.84. The first kappa shape index (κ1) is 14.0. The van der Waals surface area contributed by atoms with Crippen LogP contribution < -0.4 is 5.73 Å². The molecule has 1 aromatic carbocycles. The summed E-state index contributed by atoms with van der Waals surface area (Å²) < 4.78 is 13.9. The number of hydrogen-bond acceptors (Lipinski definition) is 3. The molecule has 3 nitrogen and oxygen atoms in total. The second-order valence-electron chi connectivity index (χ2n) is 4.88. The molecule has 1 aliphatic rings. The highest BCUT2D eigenvalue weighted by molar-refractivity contribution is 5.37. The van der Waals surface area contributed by atoms with E-state index in [4.69, 9.17) is 10.8 Å². The van der Waals surface area contributed by atoms with Gasteiger partial charge in [-0.15, -0.1) is 0 Å². The van der Waals surface area contributed by atoms with Crippen LogP contribution in [0.3, 0.4) is 0 Å². The Labute approximate surface area is 113 Å². The summed E-state index contributed by atoms with van der Waals surface area (Å²) in [6.07, 6.45) is 0.984. The second kappa shape index (κ2) is 6.67. The standard InChI is InChI=1S/C15H19FN2O/c16-15-8-12(2-1-6-17)3-4-14(15)10-18-7-5-13(9-18)11-19/h3-4,8,13,19H,5-7,9-11,17H2. The van der Waals surface area contributed by atoms with Crippen LogP contribution in [0.25, 0.3) is 0 Å². The van der Waals surface area contributed by atoms with Crippen molar-refractivity contribution in [3.05, 3.63) is 35.1 Å². The quantitative estimate of drug-likeness (QED) is 0.797. The summed E-state index contributed by atoms with van der Waals surface area (Å²) in [6, 6.07) is 5.06. The predicted octanol–water partition coefficient (Wildman–Crippen LogP) is 0.950. The molecule has 1 unspecified atom stereocenters. The Morgan fingerprint density at radius 3 is 2.95 bits per heavy atom. The van der Waals surface area contributed by atoms with E-state index in [1.54, 1.807) is 6.07 Å². The van der Waals surface area contributed by atoms with Crippen molar-refractivity contribution in [2.75, 3.05) is 26.2 Å². The van der Waals surface area contributed by atoms with Crippen molar-refractivity contribution in [1.29, 1.82) is 0 Å². The molecule has 1 saturated heterocycles. The number of rotatable bonds is 3. The molecule has 4 heteroatoms. The van der Waals surface area contributed by atoms with Gasteiger partial charge in [0.05, 0.1) is 6.54 Å². The van der Waals surface area contributed by atoms with Crippen molar-refractivity contribution < 1.29 is 9.50 Å². The first-order chi connectivity index (χ1) is 9.22. The van der Waals surface area contributed by atoms with Gasteiger partial charge in [-0.2, -0.15) is 0 Å². The van der Waals surface area contributed by atoms with Gasteiger partial charge in [0.15, 0.2) is 0 Å². The monoisotopic (exact) mass is 262 g/mol. The minimum absolute atomic E-state index is 0.215. The van der Waals surface area contributed by atoms with E-state index in [2.05, 4.69) is 16.7 Å². The van der Waals surface area contributed by atoms with E-state index in [1.165, 1.54) is 6.07 Å². The summed E-state index contributed by atoms with van der Waals surface area (Å²) in [4.78, 5) is 2.17. The predicted molar refractivity (Wildman–Crippen MR) is 72.8 cm³/mol. The molecule has 0 saturated carbocycles. The number of likely N-dealkylation sites (tertiary alicyclic amines) is 1. The molecule has 1 fully saturated rings. The third-order valence-corrected chi connectivity index (χ3v) is 3.41. The molecule has 19 heavy (non-hydrogen) atoms. The highest BCUT2D eigenvalue weighted by Crippen LogP contribution is 2.19. The summed E-state index contributed by atoms with van der Waals surface area (Å²) in [5, 5.41) is 9.10. The Balaban J connectivity index is 2.01. The molecule has 1 atom stereocenters. The van der Waals surface area contributed by atoms with Crippen LogP contribution in [-0.2, 0) is 6.54 Å². The number of benzene rings is 1. The third kappa shape index (κ3) is 3.77. The van der Waals surface area contributed by atoms with Gasteiger partial charge in [0.25, 0.3) is 0 Å². The van der Waals surface area contributed by atoms with Gasteiger partial charge < -0.3 is 10.8 Å². The Kier molecular flexibility index (Phi) is 4.92. The van der Waals surface area contributed by atoms with E-state index in [1.807, 2.05) is 6.07 Å². The molecule has 1 heterocycles. The Morgan fingerprint density at radius 2 is 2.32 bits per heavy atom. The Bertz CT molecular complexity index is 493. The Hall–Kier alpha value is -1.41. The molecular formula is C15H19FN2O.